The Hall–Kier alpha value is -3.96. The minimum atomic E-state index is -3.87. The van der Waals surface area contributed by atoms with Crippen LogP contribution in [0.25, 0.3) is 0 Å². The number of piperazine rings is 1. The third kappa shape index (κ3) is 7.05. The molecule has 0 bridgehead atoms. The molecular formula is C26H27FN4O5S. The van der Waals surface area contributed by atoms with Gasteiger partial charge in [0.25, 0.3) is 21.8 Å². The van der Waals surface area contributed by atoms with Crippen molar-refractivity contribution in [2.24, 2.45) is 0 Å². The number of nitrogens with zero attached hydrogens (tertiary/aromatic N) is 2. The Morgan fingerprint density at radius 3 is 2.08 bits per heavy atom. The maximum atomic E-state index is 13.0. The van der Waals surface area contributed by atoms with Crippen LogP contribution in [0.5, 0.6) is 5.75 Å². The fourth-order valence-corrected chi connectivity index (χ4v) is 4.74. The van der Waals surface area contributed by atoms with Gasteiger partial charge in [-0.3, -0.25) is 14.3 Å². The summed E-state index contributed by atoms with van der Waals surface area (Å²) in [4.78, 5) is 28.9. The zero-order valence-electron chi connectivity index (χ0n) is 20.2. The van der Waals surface area contributed by atoms with E-state index in [-0.39, 0.29) is 23.1 Å². The van der Waals surface area contributed by atoms with Crippen molar-refractivity contribution in [1.82, 2.24) is 9.80 Å². The molecule has 194 valence electrons. The largest absolute Gasteiger partial charge is 0.484 e. The van der Waals surface area contributed by atoms with Crippen molar-refractivity contribution in [3.8, 4) is 5.75 Å². The first-order chi connectivity index (χ1) is 17.7. The number of hydrogen-bond donors (Lipinski definition) is 2. The standard InChI is InChI=1S/C26H27FN4O5S/c1-30-14-16-31(17-15-30)26(33)19-2-6-21(7-3-19)28-25(32)18-36-23-10-12-24(13-11-23)37(34,35)29-22-8-4-20(27)5-9-22/h2-13,29H,14-18H2,1H3,(H,28,32). The Morgan fingerprint density at radius 1 is 0.865 bits per heavy atom. The number of rotatable bonds is 8. The molecule has 2 N–H and O–H groups in total. The number of ether oxygens (including phenoxy) is 1. The van der Waals surface area contributed by atoms with E-state index in [0.29, 0.717) is 30.1 Å². The lowest BCUT2D eigenvalue weighted by Crippen LogP contribution is -2.47. The smallest absolute Gasteiger partial charge is 0.262 e. The van der Waals surface area contributed by atoms with Gasteiger partial charge in [0.2, 0.25) is 0 Å². The molecule has 9 nitrogen and oxygen atoms in total. The van der Waals surface area contributed by atoms with Crippen LogP contribution in [0.2, 0.25) is 0 Å². The van der Waals surface area contributed by atoms with Gasteiger partial charge in [0.05, 0.1) is 4.90 Å². The van der Waals surface area contributed by atoms with Crippen LogP contribution in [0.4, 0.5) is 15.8 Å². The van der Waals surface area contributed by atoms with Crippen LogP contribution in [0.1, 0.15) is 10.4 Å². The molecule has 1 aliphatic rings. The van der Waals surface area contributed by atoms with Crippen molar-refractivity contribution in [3.05, 3.63) is 84.2 Å². The molecule has 0 radical (unpaired) electrons. The Balaban J connectivity index is 1.26. The first-order valence-corrected chi connectivity index (χ1v) is 13.1. The Morgan fingerprint density at radius 2 is 1.46 bits per heavy atom. The number of carbonyl (C=O) groups excluding carboxylic acids is 2. The SMILES string of the molecule is CN1CCN(C(=O)c2ccc(NC(=O)COc3ccc(S(=O)(=O)Nc4ccc(F)cc4)cc3)cc2)CC1. The molecule has 0 aromatic heterocycles. The number of carbonyl (C=O) groups is 2. The molecule has 1 fully saturated rings. The first kappa shape index (κ1) is 26.1. The maximum absolute atomic E-state index is 13.0. The fraction of sp³-hybridized carbons (Fsp3) is 0.231. The molecule has 1 aliphatic heterocycles. The van der Waals surface area contributed by atoms with E-state index in [9.17, 15) is 22.4 Å². The van der Waals surface area contributed by atoms with Gasteiger partial charge in [0.15, 0.2) is 6.61 Å². The molecule has 0 unspecified atom stereocenters. The van der Waals surface area contributed by atoms with Crippen LogP contribution < -0.4 is 14.8 Å². The van der Waals surface area contributed by atoms with E-state index in [1.807, 2.05) is 11.9 Å². The van der Waals surface area contributed by atoms with Gasteiger partial charge in [-0.05, 0) is 79.8 Å². The van der Waals surface area contributed by atoms with E-state index in [1.54, 1.807) is 24.3 Å². The van der Waals surface area contributed by atoms with Crippen LogP contribution in [0.3, 0.4) is 0 Å². The summed E-state index contributed by atoms with van der Waals surface area (Å²) >= 11 is 0. The van der Waals surface area contributed by atoms with Gasteiger partial charge < -0.3 is 19.9 Å². The van der Waals surface area contributed by atoms with Crippen molar-refractivity contribution in [3.63, 3.8) is 0 Å². The molecule has 0 saturated carbocycles. The predicted octanol–water partition coefficient (Wildman–Crippen LogP) is 3.03. The minimum absolute atomic E-state index is 0.0140. The highest BCUT2D eigenvalue weighted by Gasteiger charge is 2.20. The second kappa shape index (κ2) is 11.4. The van der Waals surface area contributed by atoms with E-state index < -0.39 is 21.7 Å². The van der Waals surface area contributed by atoms with E-state index in [2.05, 4.69) is 14.9 Å². The second-order valence-corrected chi connectivity index (χ2v) is 10.3. The number of anilines is 2. The van der Waals surface area contributed by atoms with Crippen LogP contribution in [0.15, 0.2) is 77.7 Å². The molecule has 0 aliphatic carbocycles. The number of sulfonamides is 1. The van der Waals surface area contributed by atoms with Gasteiger partial charge in [-0.15, -0.1) is 0 Å². The van der Waals surface area contributed by atoms with Crippen LogP contribution in [-0.2, 0) is 14.8 Å². The number of halogens is 1. The van der Waals surface area contributed by atoms with E-state index >= 15 is 0 Å². The third-order valence-corrected chi connectivity index (χ3v) is 7.20. The molecular weight excluding hydrogens is 499 g/mol. The number of likely N-dealkylation sites (N-methyl/N-ethyl adjacent to an activating group) is 1. The average molecular weight is 527 g/mol. The molecule has 3 aromatic rings. The van der Waals surface area contributed by atoms with Crippen molar-refractivity contribution in [2.75, 3.05) is 49.9 Å². The molecule has 4 rings (SSSR count). The van der Waals surface area contributed by atoms with Gasteiger partial charge in [0, 0.05) is 43.1 Å². The lowest BCUT2D eigenvalue weighted by Gasteiger charge is -2.32. The monoisotopic (exact) mass is 526 g/mol. The van der Waals surface area contributed by atoms with Gasteiger partial charge in [-0.2, -0.15) is 0 Å². The van der Waals surface area contributed by atoms with Gasteiger partial charge in [0.1, 0.15) is 11.6 Å². The summed E-state index contributed by atoms with van der Waals surface area (Å²) in [7, 11) is -1.84. The Labute approximate surface area is 214 Å². The molecule has 11 heteroatoms. The van der Waals surface area contributed by atoms with E-state index in [1.165, 1.54) is 36.4 Å². The zero-order chi connectivity index (χ0) is 26.4. The first-order valence-electron chi connectivity index (χ1n) is 11.6. The summed E-state index contributed by atoms with van der Waals surface area (Å²) in [6.07, 6.45) is 0. The quantitative estimate of drug-likeness (QED) is 0.467. The molecule has 3 aromatic carbocycles. The van der Waals surface area contributed by atoms with Crippen molar-refractivity contribution in [1.29, 1.82) is 0 Å². The summed E-state index contributed by atoms with van der Waals surface area (Å²) in [5.74, 6) is -0.605. The summed E-state index contributed by atoms with van der Waals surface area (Å²) in [5, 5.41) is 2.70. The van der Waals surface area contributed by atoms with Crippen molar-refractivity contribution in [2.45, 2.75) is 4.90 Å². The fourth-order valence-electron chi connectivity index (χ4n) is 3.68. The summed E-state index contributed by atoms with van der Waals surface area (Å²) in [5.41, 5.74) is 1.31. The zero-order valence-corrected chi connectivity index (χ0v) is 21.0. The van der Waals surface area contributed by atoms with Crippen molar-refractivity contribution < 1.29 is 27.1 Å². The van der Waals surface area contributed by atoms with Crippen LogP contribution >= 0.6 is 0 Å². The van der Waals surface area contributed by atoms with Gasteiger partial charge >= 0.3 is 0 Å². The Bertz CT molecular complexity index is 1340. The van der Waals surface area contributed by atoms with Crippen molar-refractivity contribution >= 4 is 33.2 Å². The summed E-state index contributed by atoms with van der Waals surface area (Å²) < 4.78 is 45.8. The van der Waals surface area contributed by atoms with Crippen LogP contribution in [0, 0.1) is 5.82 Å². The molecule has 1 heterocycles. The molecule has 37 heavy (non-hydrogen) atoms. The van der Waals surface area contributed by atoms with Gasteiger partial charge in [-0.25, -0.2) is 12.8 Å². The normalized spacial score (nSPS) is 14.2. The van der Waals surface area contributed by atoms with E-state index in [4.69, 9.17) is 4.74 Å². The highest BCUT2D eigenvalue weighted by atomic mass is 32.2. The second-order valence-electron chi connectivity index (χ2n) is 8.59. The summed E-state index contributed by atoms with van der Waals surface area (Å²) in [6, 6.07) is 17.2. The topological polar surface area (TPSA) is 108 Å². The number of hydrogen-bond acceptors (Lipinski definition) is 6. The lowest BCUT2D eigenvalue weighted by atomic mass is 10.1. The van der Waals surface area contributed by atoms with Gasteiger partial charge in [-0.1, -0.05) is 0 Å². The molecule has 2 amide bonds. The lowest BCUT2D eigenvalue weighted by molar-refractivity contribution is -0.118. The molecule has 0 spiro atoms. The number of nitrogens with one attached hydrogen (secondary N) is 2. The highest BCUT2D eigenvalue weighted by Crippen LogP contribution is 2.20. The average Bonchev–Trinajstić information content (AvgIpc) is 2.89. The number of benzene rings is 3. The van der Waals surface area contributed by atoms with E-state index in [0.717, 1.165) is 25.2 Å². The summed E-state index contributed by atoms with van der Waals surface area (Å²) in [6.45, 7) is 2.75. The highest BCUT2D eigenvalue weighted by molar-refractivity contribution is 7.92. The maximum Gasteiger partial charge on any atom is 0.262 e. The predicted molar refractivity (Wildman–Crippen MR) is 138 cm³/mol. The third-order valence-electron chi connectivity index (χ3n) is 5.81. The molecule has 0 atom stereocenters. The van der Waals surface area contributed by atoms with Crippen LogP contribution in [-0.4, -0.2) is 69.9 Å². The minimum Gasteiger partial charge on any atom is -0.484 e. The number of amides is 2. The molecule has 1 saturated heterocycles. The Kier molecular flexibility index (Phi) is 8.04.